The average molecular weight is 291 g/mol. The Kier molecular flexibility index (Phi) is 4.50. The number of aliphatic hydroxyl groups excluding tert-OH is 1. The topological polar surface area (TPSA) is 41.3 Å². The number of aromatic nitrogens is 2. The van der Waals surface area contributed by atoms with Crippen LogP contribution >= 0.6 is 11.3 Å². The molecule has 0 aliphatic carbocycles. The molecule has 3 rings (SSSR count). The molecule has 2 unspecified atom stereocenters. The van der Waals surface area contributed by atoms with Crippen molar-refractivity contribution in [1.82, 2.24) is 14.5 Å². The van der Waals surface area contributed by atoms with Gasteiger partial charge in [0.05, 0.1) is 12.4 Å². The summed E-state index contributed by atoms with van der Waals surface area (Å²) in [6.45, 7) is 3.17. The van der Waals surface area contributed by atoms with E-state index < -0.39 is 0 Å². The molecule has 0 amide bonds. The van der Waals surface area contributed by atoms with E-state index >= 15 is 0 Å². The highest BCUT2D eigenvalue weighted by Crippen LogP contribution is 2.29. The highest BCUT2D eigenvalue weighted by Gasteiger charge is 2.27. The maximum Gasteiger partial charge on any atom is 0.0946 e. The van der Waals surface area contributed by atoms with Gasteiger partial charge in [-0.2, -0.15) is 0 Å². The van der Waals surface area contributed by atoms with E-state index in [0.29, 0.717) is 6.04 Å². The zero-order valence-electron chi connectivity index (χ0n) is 11.6. The lowest BCUT2D eigenvalue weighted by Gasteiger charge is -2.26. The van der Waals surface area contributed by atoms with Gasteiger partial charge in [0.2, 0.25) is 0 Å². The number of imidazole rings is 1. The van der Waals surface area contributed by atoms with Crippen LogP contribution in [0.15, 0.2) is 36.2 Å². The monoisotopic (exact) mass is 291 g/mol. The summed E-state index contributed by atoms with van der Waals surface area (Å²) in [5.74, 6) is 0. The summed E-state index contributed by atoms with van der Waals surface area (Å²) in [7, 11) is 0. The Morgan fingerprint density at radius 1 is 1.45 bits per heavy atom. The molecule has 1 aliphatic heterocycles. The molecule has 0 bridgehead atoms. The van der Waals surface area contributed by atoms with Gasteiger partial charge in [0, 0.05) is 36.4 Å². The molecular weight excluding hydrogens is 270 g/mol. The highest BCUT2D eigenvalue weighted by molar-refractivity contribution is 7.10. The number of hydrogen-bond donors (Lipinski definition) is 1. The predicted octanol–water partition coefficient (Wildman–Crippen LogP) is 2.53. The van der Waals surface area contributed by atoms with Crippen LogP contribution in [0.3, 0.4) is 0 Å². The molecule has 1 aliphatic rings. The summed E-state index contributed by atoms with van der Waals surface area (Å²) in [5, 5.41) is 12.3. The van der Waals surface area contributed by atoms with Gasteiger partial charge < -0.3 is 9.67 Å². The highest BCUT2D eigenvalue weighted by atomic mass is 32.1. The third-order valence-electron chi connectivity index (χ3n) is 4.07. The van der Waals surface area contributed by atoms with Gasteiger partial charge >= 0.3 is 0 Å². The Morgan fingerprint density at radius 2 is 2.40 bits per heavy atom. The van der Waals surface area contributed by atoms with Crippen LogP contribution in [0, 0.1) is 0 Å². The van der Waals surface area contributed by atoms with E-state index in [4.69, 9.17) is 0 Å². The molecule has 2 aromatic rings. The number of rotatable bonds is 6. The number of nitrogens with zero attached hydrogens (tertiary/aromatic N) is 3. The summed E-state index contributed by atoms with van der Waals surface area (Å²) >= 11 is 1.65. The maximum atomic E-state index is 10.3. The maximum absolute atomic E-state index is 10.3. The Bertz CT molecular complexity index is 497. The third kappa shape index (κ3) is 3.29. The molecule has 2 atom stereocenters. The summed E-state index contributed by atoms with van der Waals surface area (Å²) in [4.78, 5) is 7.67. The van der Waals surface area contributed by atoms with Gasteiger partial charge in [0.25, 0.3) is 0 Å². The van der Waals surface area contributed by atoms with Gasteiger partial charge in [-0.1, -0.05) is 6.07 Å². The van der Waals surface area contributed by atoms with Crippen molar-refractivity contribution in [3.63, 3.8) is 0 Å². The minimum Gasteiger partial charge on any atom is -0.388 e. The fourth-order valence-corrected chi connectivity index (χ4v) is 3.70. The van der Waals surface area contributed by atoms with Crippen molar-refractivity contribution in [2.45, 2.75) is 38.0 Å². The molecule has 1 saturated heterocycles. The summed E-state index contributed by atoms with van der Waals surface area (Å²) < 4.78 is 2.12. The molecule has 0 aromatic carbocycles. The van der Waals surface area contributed by atoms with Crippen molar-refractivity contribution in [2.75, 3.05) is 13.1 Å². The van der Waals surface area contributed by atoms with Crippen LogP contribution in [0.4, 0.5) is 0 Å². The number of hydrogen-bond acceptors (Lipinski definition) is 4. The molecule has 0 radical (unpaired) electrons. The van der Waals surface area contributed by atoms with Crippen molar-refractivity contribution in [3.05, 3.63) is 41.1 Å². The molecule has 4 nitrogen and oxygen atoms in total. The smallest absolute Gasteiger partial charge is 0.0946 e. The molecule has 2 aromatic heterocycles. The molecule has 20 heavy (non-hydrogen) atoms. The van der Waals surface area contributed by atoms with Crippen LogP contribution in [0.1, 0.15) is 30.2 Å². The van der Waals surface area contributed by atoms with E-state index in [-0.39, 0.29) is 6.10 Å². The van der Waals surface area contributed by atoms with E-state index in [0.717, 1.165) is 30.9 Å². The Morgan fingerprint density at radius 3 is 3.15 bits per heavy atom. The zero-order chi connectivity index (χ0) is 13.8. The van der Waals surface area contributed by atoms with Gasteiger partial charge in [-0.3, -0.25) is 4.90 Å². The minimum absolute atomic E-state index is 0.311. The van der Waals surface area contributed by atoms with Crippen molar-refractivity contribution in [3.8, 4) is 0 Å². The van der Waals surface area contributed by atoms with E-state index in [2.05, 4.69) is 14.5 Å². The Hall–Kier alpha value is -1.17. The lowest BCUT2D eigenvalue weighted by Crippen LogP contribution is -2.33. The van der Waals surface area contributed by atoms with Crippen molar-refractivity contribution < 1.29 is 5.11 Å². The van der Waals surface area contributed by atoms with Gasteiger partial charge in [-0.15, -0.1) is 11.3 Å². The second kappa shape index (κ2) is 6.52. The first-order valence-corrected chi connectivity index (χ1v) is 8.12. The normalized spacial score (nSPS) is 21.4. The predicted molar refractivity (Wildman–Crippen MR) is 80.7 cm³/mol. The molecule has 0 saturated carbocycles. The minimum atomic E-state index is -0.311. The zero-order valence-corrected chi connectivity index (χ0v) is 12.4. The van der Waals surface area contributed by atoms with E-state index in [1.165, 1.54) is 12.8 Å². The lowest BCUT2D eigenvalue weighted by atomic mass is 10.1. The van der Waals surface area contributed by atoms with Crippen LogP contribution < -0.4 is 0 Å². The van der Waals surface area contributed by atoms with Crippen LogP contribution in [-0.4, -0.2) is 38.7 Å². The van der Waals surface area contributed by atoms with Crippen molar-refractivity contribution >= 4 is 11.3 Å². The number of thiophene rings is 1. The first-order chi connectivity index (χ1) is 9.83. The first-order valence-electron chi connectivity index (χ1n) is 7.24. The lowest BCUT2D eigenvalue weighted by molar-refractivity contribution is 0.121. The fourth-order valence-electron chi connectivity index (χ4n) is 2.97. The molecule has 1 fully saturated rings. The second-order valence-corrected chi connectivity index (χ2v) is 6.38. The van der Waals surface area contributed by atoms with Crippen LogP contribution in [0.5, 0.6) is 0 Å². The van der Waals surface area contributed by atoms with E-state index in [9.17, 15) is 5.11 Å². The third-order valence-corrected chi connectivity index (χ3v) is 5.04. The van der Waals surface area contributed by atoms with E-state index in [1.807, 2.05) is 36.2 Å². The molecule has 1 N–H and O–H groups in total. The van der Waals surface area contributed by atoms with Crippen LogP contribution in [0.25, 0.3) is 0 Å². The summed E-state index contributed by atoms with van der Waals surface area (Å²) in [5.41, 5.74) is 0. The van der Waals surface area contributed by atoms with Crippen LogP contribution in [0.2, 0.25) is 0 Å². The average Bonchev–Trinajstić information content (AvgIpc) is 3.19. The molecule has 108 valence electrons. The van der Waals surface area contributed by atoms with E-state index in [1.54, 1.807) is 11.3 Å². The standard InChI is InChI=1S/C15H21N3OS/c19-14(15-4-2-10-20-15)11-13-3-1-6-18(13)9-8-17-7-5-16-12-17/h2,4-5,7,10,12-14,19H,1,3,6,8-9,11H2. The molecule has 5 heteroatoms. The Balaban J connectivity index is 1.53. The fraction of sp³-hybridized carbons (Fsp3) is 0.533. The van der Waals surface area contributed by atoms with Crippen molar-refractivity contribution in [1.29, 1.82) is 0 Å². The molecule has 3 heterocycles. The summed E-state index contributed by atoms with van der Waals surface area (Å²) in [6.07, 6.45) is 8.68. The van der Waals surface area contributed by atoms with Gasteiger partial charge in [-0.05, 0) is 37.3 Å². The van der Waals surface area contributed by atoms with Crippen LogP contribution in [-0.2, 0) is 6.54 Å². The number of likely N-dealkylation sites (tertiary alicyclic amines) is 1. The summed E-state index contributed by atoms with van der Waals surface area (Å²) in [6, 6.07) is 4.55. The first kappa shape index (κ1) is 13.8. The van der Waals surface area contributed by atoms with Gasteiger partial charge in [0.15, 0.2) is 0 Å². The largest absolute Gasteiger partial charge is 0.388 e. The van der Waals surface area contributed by atoms with Gasteiger partial charge in [0.1, 0.15) is 0 Å². The van der Waals surface area contributed by atoms with Crippen molar-refractivity contribution in [2.24, 2.45) is 0 Å². The molecular formula is C15H21N3OS. The SMILES string of the molecule is OC(CC1CCCN1CCn1ccnc1)c1cccs1. The second-order valence-electron chi connectivity index (χ2n) is 5.40. The number of aliphatic hydroxyl groups is 1. The molecule has 0 spiro atoms. The quantitative estimate of drug-likeness (QED) is 0.889. The van der Waals surface area contributed by atoms with Gasteiger partial charge in [-0.25, -0.2) is 4.98 Å². The Labute approximate surface area is 123 Å².